The van der Waals surface area contributed by atoms with Crippen LogP contribution in [0, 0.1) is 6.92 Å². The quantitative estimate of drug-likeness (QED) is 0.895. The van der Waals surface area contributed by atoms with Crippen molar-refractivity contribution in [2.24, 2.45) is 0 Å². The summed E-state index contributed by atoms with van der Waals surface area (Å²) in [7, 11) is 1.52. The molecule has 7 heteroatoms. The number of nitrogens with zero attached hydrogens (tertiary/aromatic N) is 1. The molecule has 2 heterocycles. The van der Waals surface area contributed by atoms with E-state index in [2.05, 4.69) is 5.32 Å². The summed E-state index contributed by atoms with van der Waals surface area (Å²) in [5.74, 6) is 1.49. The van der Waals surface area contributed by atoms with Crippen LogP contribution in [0.2, 0.25) is 0 Å². The first kappa shape index (κ1) is 15.9. The van der Waals surface area contributed by atoms with E-state index >= 15 is 0 Å². The first-order valence-electron chi connectivity index (χ1n) is 7.52. The SMILES string of the molecule is COc1cc(C)n(CCNC(=O)c2ccc3c(c2)OCO3)c(=O)c1. The molecule has 126 valence electrons. The number of carbonyl (C=O) groups excluding carboxylic acids is 1. The van der Waals surface area contributed by atoms with Gasteiger partial charge in [-0.15, -0.1) is 0 Å². The first-order chi connectivity index (χ1) is 11.6. The summed E-state index contributed by atoms with van der Waals surface area (Å²) in [5, 5.41) is 2.80. The van der Waals surface area contributed by atoms with Gasteiger partial charge in [-0.2, -0.15) is 0 Å². The van der Waals surface area contributed by atoms with Crippen LogP contribution in [-0.4, -0.2) is 30.9 Å². The van der Waals surface area contributed by atoms with Crippen LogP contribution < -0.4 is 25.1 Å². The Morgan fingerprint density at radius 1 is 1.25 bits per heavy atom. The topological polar surface area (TPSA) is 78.8 Å². The van der Waals surface area contributed by atoms with Gasteiger partial charge in [0.1, 0.15) is 5.75 Å². The molecule has 1 aromatic heterocycles. The van der Waals surface area contributed by atoms with Crippen LogP contribution in [0.3, 0.4) is 0 Å². The van der Waals surface area contributed by atoms with Gasteiger partial charge in [0.05, 0.1) is 7.11 Å². The van der Waals surface area contributed by atoms with Crippen molar-refractivity contribution in [2.45, 2.75) is 13.5 Å². The highest BCUT2D eigenvalue weighted by Crippen LogP contribution is 2.32. The van der Waals surface area contributed by atoms with Crippen LogP contribution in [0.15, 0.2) is 35.1 Å². The number of aryl methyl sites for hydroxylation is 1. The summed E-state index contributed by atoms with van der Waals surface area (Å²) in [4.78, 5) is 24.2. The number of nitrogens with one attached hydrogen (secondary N) is 1. The molecule has 0 fully saturated rings. The molecule has 0 spiro atoms. The summed E-state index contributed by atoms with van der Waals surface area (Å²) in [6, 6.07) is 8.22. The van der Waals surface area contributed by atoms with Crippen LogP contribution in [0.5, 0.6) is 17.2 Å². The van der Waals surface area contributed by atoms with E-state index in [-0.39, 0.29) is 18.3 Å². The summed E-state index contributed by atoms with van der Waals surface area (Å²) >= 11 is 0. The molecule has 3 rings (SSSR count). The summed E-state index contributed by atoms with van der Waals surface area (Å²) < 4.78 is 17.1. The molecule has 1 aliphatic rings. The fraction of sp³-hybridized carbons (Fsp3) is 0.294. The molecule has 1 N–H and O–H groups in total. The normalized spacial score (nSPS) is 12.1. The molecule has 0 bridgehead atoms. The van der Waals surface area contributed by atoms with Crippen molar-refractivity contribution in [3.8, 4) is 17.2 Å². The van der Waals surface area contributed by atoms with E-state index in [0.29, 0.717) is 35.9 Å². The summed E-state index contributed by atoms with van der Waals surface area (Å²) in [5.41, 5.74) is 1.10. The van der Waals surface area contributed by atoms with Crippen molar-refractivity contribution in [3.05, 3.63) is 51.9 Å². The summed E-state index contributed by atoms with van der Waals surface area (Å²) in [6.45, 7) is 2.70. The van der Waals surface area contributed by atoms with Crippen molar-refractivity contribution >= 4 is 5.91 Å². The third-order valence-electron chi connectivity index (χ3n) is 3.80. The summed E-state index contributed by atoms with van der Waals surface area (Å²) in [6.07, 6.45) is 0. The van der Waals surface area contributed by atoms with Crippen molar-refractivity contribution in [1.29, 1.82) is 0 Å². The van der Waals surface area contributed by atoms with Crippen molar-refractivity contribution < 1.29 is 19.0 Å². The maximum Gasteiger partial charge on any atom is 0.254 e. The van der Waals surface area contributed by atoms with Crippen molar-refractivity contribution in [3.63, 3.8) is 0 Å². The zero-order valence-electron chi connectivity index (χ0n) is 13.5. The van der Waals surface area contributed by atoms with Gasteiger partial charge in [-0.05, 0) is 31.2 Å². The molecule has 1 amide bonds. The van der Waals surface area contributed by atoms with Gasteiger partial charge in [-0.1, -0.05) is 0 Å². The molecule has 0 atom stereocenters. The van der Waals surface area contributed by atoms with Crippen LogP contribution >= 0.6 is 0 Å². The van der Waals surface area contributed by atoms with Gasteiger partial charge in [-0.25, -0.2) is 0 Å². The Bertz CT molecular complexity index is 828. The van der Waals surface area contributed by atoms with E-state index in [4.69, 9.17) is 14.2 Å². The minimum atomic E-state index is -0.229. The zero-order chi connectivity index (χ0) is 17.1. The number of hydrogen-bond acceptors (Lipinski definition) is 5. The molecule has 24 heavy (non-hydrogen) atoms. The lowest BCUT2D eigenvalue weighted by atomic mass is 10.2. The van der Waals surface area contributed by atoms with E-state index < -0.39 is 0 Å². The monoisotopic (exact) mass is 330 g/mol. The number of carbonyl (C=O) groups is 1. The van der Waals surface area contributed by atoms with Crippen LogP contribution in [0.1, 0.15) is 16.1 Å². The Kier molecular flexibility index (Phi) is 4.41. The second-order valence-electron chi connectivity index (χ2n) is 5.35. The number of pyridine rings is 1. The number of ether oxygens (including phenoxy) is 3. The van der Waals surface area contributed by atoms with E-state index in [1.165, 1.54) is 13.2 Å². The minimum absolute atomic E-state index is 0.163. The lowest BCUT2D eigenvalue weighted by Crippen LogP contribution is -2.31. The number of rotatable bonds is 5. The van der Waals surface area contributed by atoms with Gasteiger partial charge in [0.15, 0.2) is 11.5 Å². The fourth-order valence-electron chi connectivity index (χ4n) is 2.52. The third kappa shape index (κ3) is 3.19. The van der Waals surface area contributed by atoms with E-state index in [0.717, 1.165) is 5.69 Å². The lowest BCUT2D eigenvalue weighted by molar-refractivity contribution is 0.0951. The Balaban J connectivity index is 1.62. The largest absolute Gasteiger partial charge is 0.496 e. The van der Waals surface area contributed by atoms with Gasteiger partial charge in [-0.3, -0.25) is 9.59 Å². The molecular formula is C17H18N2O5. The smallest absolute Gasteiger partial charge is 0.254 e. The molecular weight excluding hydrogens is 312 g/mol. The Hall–Kier alpha value is -2.96. The molecule has 7 nitrogen and oxygen atoms in total. The van der Waals surface area contributed by atoms with Gasteiger partial charge >= 0.3 is 0 Å². The van der Waals surface area contributed by atoms with Crippen molar-refractivity contribution in [1.82, 2.24) is 9.88 Å². The third-order valence-corrected chi connectivity index (χ3v) is 3.80. The number of amides is 1. The van der Waals surface area contributed by atoms with Crippen LogP contribution in [0.25, 0.3) is 0 Å². The second-order valence-corrected chi connectivity index (χ2v) is 5.35. The average molecular weight is 330 g/mol. The lowest BCUT2D eigenvalue weighted by Gasteiger charge is -2.12. The van der Waals surface area contributed by atoms with E-state index in [1.807, 2.05) is 6.92 Å². The van der Waals surface area contributed by atoms with Crippen molar-refractivity contribution in [2.75, 3.05) is 20.4 Å². The standard InChI is InChI=1S/C17H18N2O5/c1-11-7-13(22-2)9-16(20)19(11)6-5-18-17(21)12-3-4-14-15(8-12)24-10-23-14/h3-4,7-9H,5-6,10H2,1-2H3,(H,18,21). The number of benzene rings is 1. The highest BCUT2D eigenvalue weighted by molar-refractivity contribution is 5.94. The number of hydrogen-bond donors (Lipinski definition) is 1. The van der Waals surface area contributed by atoms with E-state index in [9.17, 15) is 9.59 Å². The molecule has 1 aromatic carbocycles. The Morgan fingerprint density at radius 2 is 2.04 bits per heavy atom. The predicted molar refractivity (Wildman–Crippen MR) is 86.9 cm³/mol. The van der Waals surface area contributed by atoms with E-state index in [1.54, 1.807) is 28.8 Å². The highest BCUT2D eigenvalue weighted by Gasteiger charge is 2.16. The first-order valence-corrected chi connectivity index (χ1v) is 7.52. The maximum atomic E-state index is 12.2. The van der Waals surface area contributed by atoms with Gasteiger partial charge in [0, 0.05) is 30.4 Å². The minimum Gasteiger partial charge on any atom is -0.496 e. The molecule has 0 saturated carbocycles. The number of fused-ring (bicyclic) bond motifs is 1. The van der Waals surface area contributed by atoms with Crippen LogP contribution in [-0.2, 0) is 6.54 Å². The maximum absolute atomic E-state index is 12.2. The van der Waals surface area contributed by atoms with Gasteiger partial charge < -0.3 is 24.1 Å². The average Bonchev–Trinajstić information content (AvgIpc) is 3.04. The molecule has 0 radical (unpaired) electrons. The molecule has 0 saturated heterocycles. The number of methoxy groups -OCH3 is 1. The Morgan fingerprint density at radius 3 is 2.79 bits per heavy atom. The molecule has 0 unspecified atom stereocenters. The molecule has 1 aliphatic heterocycles. The predicted octanol–water partition coefficient (Wildman–Crippen LogP) is 1.32. The zero-order valence-corrected chi connectivity index (χ0v) is 13.5. The fourth-order valence-corrected chi connectivity index (χ4v) is 2.52. The highest BCUT2D eigenvalue weighted by atomic mass is 16.7. The number of aromatic nitrogens is 1. The molecule has 0 aliphatic carbocycles. The Labute approximate surface area is 138 Å². The van der Waals surface area contributed by atoms with Gasteiger partial charge in [0.2, 0.25) is 6.79 Å². The second kappa shape index (κ2) is 6.66. The van der Waals surface area contributed by atoms with Gasteiger partial charge in [0.25, 0.3) is 11.5 Å². The molecule has 2 aromatic rings. The van der Waals surface area contributed by atoms with Crippen LogP contribution in [0.4, 0.5) is 0 Å².